The van der Waals surface area contributed by atoms with E-state index in [0.29, 0.717) is 27.4 Å². The minimum Gasteiger partial charge on any atom is -0.346 e. The number of aryl methyl sites for hydroxylation is 2. The van der Waals surface area contributed by atoms with Crippen LogP contribution >= 0.6 is 11.6 Å². The number of nitrogens with one attached hydrogen (secondary N) is 1. The van der Waals surface area contributed by atoms with E-state index in [1.807, 2.05) is 50.5 Å². The molecule has 0 aliphatic carbocycles. The zero-order valence-corrected chi connectivity index (χ0v) is 16.5. The summed E-state index contributed by atoms with van der Waals surface area (Å²) in [7, 11) is 1.85. The van der Waals surface area contributed by atoms with Crippen molar-refractivity contribution in [1.29, 1.82) is 0 Å². The maximum absolute atomic E-state index is 12.4. The lowest BCUT2D eigenvalue weighted by molar-refractivity contribution is 0.770. The summed E-state index contributed by atoms with van der Waals surface area (Å²) in [6.45, 7) is 1.99. The van der Waals surface area contributed by atoms with Crippen LogP contribution in [0.1, 0.15) is 5.56 Å². The number of benzene rings is 1. The molecule has 4 heterocycles. The second-order valence-corrected chi connectivity index (χ2v) is 7.45. The monoisotopic (exact) mass is 401 g/mol. The molecule has 29 heavy (non-hydrogen) atoms. The third-order valence-corrected chi connectivity index (χ3v) is 5.17. The van der Waals surface area contributed by atoms with Crippen LogP contribution in [0.15, 0.2) is 59.8 Å². The summed E-state index contributed by atoms with van der Waals surface area (Å²) >= 11 is 6.55. The number of fused-ring (bicyclic) bond motifs is 2. The van der Waals surface area contributed by atoms with Crippen molar-refractivity contribution in [2.24, 2.45) is 7.05 Å². The van der Waals surface area contributed by atoms with Gasteiger partial charge in [0.15, 0.2) is 5.43 Å². The molecule has 1 N–H and O–H groups in total. The number of hydrogen-bond acceptors (Lipinski definition) is 4. The molecule has 0 bridgehead atoms. The molecule has 6 nitrogen and oxygen atoms in total. The van der Waals surface area contributed by atoms with Crippen LogP contribution in [-0.2, 0) is 7.05 Å². The van der Waals surface area contributed by atoms with E-state index in [1.54, 1.807) is 17.1 Å². The molecule has 0 unspecified atom stereocenters. The molecular weight excluding hydrogens is 386 g/mol. The number of aromatic nitrogens is 5. The van der Waals surface area contributed by atoms with Crippen LogP contribution in [0, 0.1) is 6.92 Å². The highest BCUT2D eigenvalue weighted by Gasteiger charge is 2.16. The predicted molar refractivity (Wildman–Crippen MR) is 115 cm³/mol. The molecule has 0 spiro atoms. The maximum atomic E-state index is 12.4. The summed E-state index contributed by atoms with van der Waals surface area (Å²) in [6.07, 6.45) is 5.25. The predicted octanol–water partition coefficient (Wildman–Crippen LogP) is 4.50. The van der Waals surface area contributed by atoms with Crippen molar-refractivity contribution < 1.29 is 0 Å². The van der Waals surface area contributed by atoms with Crippen LogP contribution in [0.3, 0.4) is 0 Å². The van der Waals surface area contributed by atoms with Gasteiger partial charge in [0.1, 0.15) is 17.0 Å². The minimum atomic E-state index is -0.0931. The van der Waals surface area contributed by atoms with Crippen molar-refractivity contribution in [2.45, 2.75) is 6.92 Å². The van der Waals surface area contributed by atoms with E-state index in [2.05, 4.69) is 15.1 Å². The Kier molecular flexibility index (Phi) is 3.96. The molecule has 4 aromatic heterocycles. The Balaban J connectivity index is 1.87. The normalized spacial score (nSPS) is 11.4. The van der Waals surface area contributed by atoms with Gasteiger partial charge in [-0.1, -0.05) is 11.6 Å². The van der Waals surface area contributed by atoms with Crippen molar-refractivity contribution in [3.63, 3.8) is 0 Å². The van der Waals surface area contributed by atoms with Crippen LogP contribution in [0.5, 0.6) is 0 Å². The van der Waals surface area contributed by atoms with Gasteiger partial charge in [-0.2, -0.15) is 5.10 Å². The number of pyridine rings is 3. The number of halogens is 1. The van der Waals surface area contributed by atoms with Gasteiger partial charge in [0.05, 0.1) is 15.9 Å². The molecule has 5 rings (SSSR count). The molecule has 0 aliphatic rings. The quantitative estimate of drug-likeness (QED) is 0.472. The van der Waals surface area contributed by atoms with Crippen LogP contribution in [0.4, 0.5) is 0 Å². The van der Waals surface area contributed by atoms with Crippen molar-refractivity contribution in [1.82, 2.24) is 24.7 Å². The first kappa shape index (κ1) is 17.6. The molecule has 0 atom stereocenters. The summed E-state index contributed by atoms with van der Waals surface area (Å²) in [4.78, 5) is 24.7. The zero-order chi connectivity index (χ0) is 20.1. The van der Waals surface area contributed by atoms with Crippen LogP contribution in [0.2, 0.25) is 5.02 Å². The SMILES string of the molecule is Cc1cnc2c(Cl)cc(-c3cc4c(=O)cc[nH]c4nc3-c3ccn(C)n3)cc2c1. The fourth-order valence-electron chi connectivity index (χ4n) is 3.52. The second-order valence-electron chi connectivity index (χ2n) is 7.04. The smallest absolute Gasteiger partial charge is 0.191 e. The van der Waals surface area contributed by atoms with E-state index in [1.165, 1.54) is 6.07 Å². The van der Waals surface area contributed by atoms with E-state index in [9.17, 15) is 4.79 Å². The molecule has 1 aromatic carbocycles. The van der Waals surface area contributed by atoms with Gasteiger partial charge in [0, 0.05) is 42.7 Å². The fourth-order valence-corrected chi connectivity index (χ4v) is 3.80. The number of H-pyrrole nitrogens is 1. The lowest BCUT2D eigenvalue weighted by Gasteiger charge is -2.11. The van der Waals surface area contributed by atoms with E-state index in [4.69, 9.17) is 16.6 Å². The fraction of sp³-hybridized carbons (Fsp3) is 0.0909. The van der Waals surface area contributed by atoms with Crippen LogP contribution < -0.4 is 5.43 Å². The number of rotatable bonds is 2. The highest BCUT2D eigenvalue weighted by atomic mass is 35.5. The number of hydrogen-bond donors (Lipinski definition) is 1. The third kappa shape index (κ3) is 2.98. The molecule has 0 saturated carbocycles. The summed E-state index contributed by atoms with van der Waals surface area (Å²) in [5.41, 5.74) is 5.25. The van der Waals surface area contributed by atoms with Crippen molar-refractivity contribution in [2.75, 3.05) is 0 Å². The highest BCUT2D eigenvalue weighted by Crippen LogP contribution is 2.35. The third-order valence-electron chi connectivity index (χ3n) is 4.88. The molecule has 0 radical (unpaired) electrons. The van der Waals surface area contributed by atoms with Gasteiger partial charge in [-0.05, 0) is 48.4 Å². The summed E-state index contributed by atoms with van der Waals surface area (Å²) in [6, 6.07) is 11.2. The highest BCUT2D eigenvalue weighted by molar-refractivity contribution is 6.35. The Morgan fingerprint density at radius 2 is 2.00 bits per heavy atom. The van der Waals surface area contributed by atoms with E-state index < -0.39 is 0 Å². The number of nitrogens with zero attached hydrogens (tertiary/aromatic N) is 4. The van der Waals surface area contributed by atoms with Crippen molar-refractivity contribution >= 4 is 33.5 Å². The molecular formula is C22H16ClN5O. The van der Waals surface area contributed by atoms with Gasteiger partial charge in [-0.15, -0.1) is 0 Å². The first-order valence-electron chi connectivity index (χ1n) is 9.08. The topological polar surface area (TPSA) is 76.5 Å². The average Bonchev–Trinajstić information content (AvgIpc) is 3.13. The molecule has 7 heteroatoms. The van der Waals surface area contributed by atoms with E-state index in [0.717, 1.165) is 27.6 Å². The Bertz CT molecular complexity index is 1470. The minimum absolute atomic E-state index is 0.0931. The van der Waals surface area contributed by atoms with Crippen molar-refractivity contribution in [3.05, 3.63) is 75.8 Å². The largest absolute Gasteiger partial charge is 0.346 e. The average molecular weight is 402 g/mol. The Morgan fingerprint density at radius 3 is 2.79 bits per heavy atom. The second kappa shape index (κ2) is 6.53. The molecule has 0 amide bonds. The molecule has 0 aliphatic heterocycles. The van der Waals surface area contributed by atoms with Gasteiger partial charge in [-0.25, -0.2) is 4.98 Å². The van der Waals surface area contributed by atoms with Crippen LogP contribution in [0.25, 0.3) is 44.5 Å². The molecule has 0 fully saturated rings. The summed E-state index contributed by atoms with van der Waals surface area (Å²) < 4.78 is 1.72. The first-order valence-corrected chi connectivity index (χ1v) is 9.46. The lowest BCUT2D eigenvalue weighted by Crippen LogP contribution is -2.04. The Hall–Kier alpha value is -3.51. The van der Waals surface area contributed by atoms with Gasteiger partial charge in [0.25, 0.3) is 0 Å². The molecule has 142 valence electrons. The maximum Gasteiger partial charge on any atom is 0.191 e. The van der Waals surface area contributed by atoms with Crippen LogP contribution in [-0.4, -0.2) is 24.7 Å². The standard InChI is InChI=1S/C22H16ClN5O/c1-12-7-14-8-13(9-17(23)20(14)25-11-12)15-10-16-19(29)3-5-24-22(16)26-21(15)18-4-6-28(2)27-18/h3-11H,1-2H3,(H,24,26,29). The summed E-state index contributed by atoms with van der Waals surface area (Å²) in [5, 5.41) is 6.51. The molecule has 0 saturated heterocycles. The zero-order valence-electron chi connectivity index (χ0n) is 15.8. The Morgan fingerprint density at radius 1 is 1.14 bits per heavy atom. The van der Waals surface area contributed by atoms with Gasteiger partial charge >= 0.3 is 0 Å². The van der Waals surface area contributed by atoms with E-state index >= 15 is 0 Å². The van der Waals surface area contributed by atoms with Gasteiger partial charge < -0.3 is 4.98 Å². The van der Waals surface area contributed by atoms with Crippen molar-refractivity contribution in [3.8, 4) is 22.5 Å². The number of aromatic amines is 1. The van der Waals surface area contributed by atoms with Gasteiger partial charge in [-0.3, -0.25) is 14.5 Å². The van der Waals surface area contributed by atoms with Gasteiger partial charge in [0.2, 0.25) is 0 Å². The van der Waals surface area contributed by atoms with E-state index in [-0.39, 0.29) is 5.43 Å². The lowest BCUT2D eigenvalue weighted by atomic mass is 9.98. The summed E-state index contributed by atoms with van der Waals surface area (Å²) in [5.74, 6) is 0. The first-order chi connectivity index (χ1) is 14.0. The Labute approximate surface area is 170 Å². The molecule has 5 aromatic rings.